The lowest BCUT2D eigenvalue weighted by Crippen LogP contribution is -2.36. The number of piperidine rings is 1. The molecule has 172 valence electrons. The highest BCUT2D eigenvalue weighted by molar-refractivity contribution is 9.10. The van der Waals surface area contributed by atoms with Gasteiger partial charge in [-0.25, -0.2) is 4.79 Å². The largest absolute Gasteiger partial charge is 0.415 e. The number of halogens is 3. The first-order valence-electron chi connectivity index (χ1n) is 10.7. The number of rotatable bonds is 5. The van der Waals surface area contributed by atoms with E-state index < -0.39 is 12.3 Å². The summed E-state index contributed by atoms with van der Waals surface area (Å²) >= 11 is 3.53. The number of likely N-dealkylation sites (tertiary alicyclic amines) is 1. The zero-order chi connectivity index (χ0) is 23.1. The Hall–Kier alpha value is -2.85. The summed E-state index contributed by atoms with van der Waals surface area (Å²) in [6, 6.07) is 13.2. The highest BCUT2D eigenvalue weighted by Gasteiger charge is 2.24. The third-order valence-corrected chi connectivity index (χ3v) is 6.64. The van der Waals surface area contributed by atoms with Crippen molar-refractivity contribution in [1.82, 2.24) is 24.2 Å². The Bertz CT molecular complexity index is 1340. The second-order valence-electron chi connectivity index (χ2n) is 8.35. The molecule has 5 rings (SSSR count). The molecule has 3 heterocycles. The van der Waals surface area contributed by atoms with Crippen LogP contribution in [0.2, 0.25) is 0 Å². The first kappa shape index (κ1) is 22.0. The fourth-order valence-electron chi connectivity index (χ4n) is 4.39. The molecule has 0 bridgehead atoms. The maximum absolute atomic E-state index is 13.5. The monoisotopic (exact) mass is 517 g/mol. The number of nitrogens with zero attached hydrogens (tertiary/aromatic N) is 5. The third kappa shape index (κ3) is 4.24. The van der Waals surface area contributed by atoms with Crippen molar-refractivity contribution >= 4 is 27.0 Å². The highest BCUT2D eigenvalue weighted by atomic mass is 79.9. The van der Waals surface area contributed by atoms with E-state index in [0.717, 1.165) is 47.0 Å². The van der Waals surface area contributed by atoms with Gasteiger partial charge in [-0.05, 0) is 68.9 Å². The van der Waals surface area contributed by atoms with Crippen molar-refractivity contribution in [1.29, 1.82) is 0 Å². The Morgan fingerprint density at radius 1 is 1.09 bits per heavy atom. The summed E-state index contributed by atoms with van der Waals surface area (Å²) < 4.78 is 35.1. The molecular weight excluding hydrogens is 496 g/mol. The van der Waals surface area contributed by atoms with Crippen LogP contribution >= 0.6 is 15.9 Å². The minimum Gasteiger partial charge on any atom is -0.415 e. The molecule has 1 aliphatic heterocycles. The Balaban J connectivity index is 1.48. The van der Waals surface area contributed by atoms with Crippen molar-refractivity contribution < 1.29 is 13.2 Å². The lowest BCUT2D eigenvalue weighted by atomic mass is 10.1. The summed E-state index contributed by atoms with van der Waals surface area (Å²) in [6.07, 6.45) is -0.936. The van der Waals surface area contributed by atoms with Crippen LogP contribution in [0.1, 0.15) is 36.8 Å². The molecule has 1 saturated heterocycles. The minimum absolute atomic E-state index is 0.0276. The van der Waals surface area contributed by atoms with Gasteiger partial charge in [0.1, 0.15) is 0 Å². The van der Waals surface area contributed by atoms with Crippen molar-refractivity contribution in [3.63, 3.8) is 0 Å². The summed E-state index contributed by atoms with van der Waals surface area (Å²) in [5, 5.41) is 7.05. The van der Waals surface area contributed by atoms with E-state index in [0.29, 0.717) is 12.1 Å². The van der Waals surface area contributed by atoms with Crippen molar-refractivity contribution in [2.75, 3.05) is 20.1 Å². The molecular formula is C23H22BrF2N5O2. The van der Waals surface area contributed by atoms with Crippen LogP contribution in [0.25, 0.3) is 22.5 Å². The number of hydrogen-bond acceptors (Lipinski definition) is 5. The molecule has 2 aromatic heterocycles. The number of alkyl halides is 2. The molecule has 2 aromatic carbocycles. The number of benzene rings is 2. The van der Waals surface area contributed by atoms with Gasteiger partial charge in [0.05, 0.1) is 17.6 Å². The van der Waals surface area contributed by atoms with Gasteiger partial charge in [-0.3, -0.25) is 9.13 Å². The fraction of sp³-hybridized carbons (Fsp3) is 0.348. The average molecular weight is 518 g/mol. The average Bonchev–Trinajstić information content (AvgIpc) is 3.39. The summed E-state index contributed by atoms with van der Waals surface area (Å²) in [5.41, 5.74) is 3.22. The predicted octanol–water partition coefficient (Wildman–Crippen LogP) is 4.87. The molecule has 0 unspecified atom stereocenters. The van der Waals surface area contributed by atoms with Gasteiger partial charge in [-0.15, -0.1) is 10.2 Å². The van der Waals surface area contributed by atoms with Crippen molar-refractivity contribution in [3.05, 3.63) is 68.9 Å². The summed E-state index contributed by atoms with van der Waals surface area (Å²) in [5.74, 6) is -0.662. The SMILES string of the molecule is CN1CCC(n2c(=O)n(Cc3ccc(-c4nnc(C(F)F)o4)cc3)c3cc(Br)ccc32)CC1. The number of imidazole rings is 1. The minimum atomic E-state index is -2.81. The Morgan fingerprint density at radius 2 is 1.82 bits per heavy atom. The lowest BCUT2D eigenvalue weighted by Gasteiger charge is -2.29. The van der Waals surface area contributed by atoms with E-state index in [-0.39, 0.29) is 17.6 Å². The van der Waals surface area contributed by atoms with Crippen LogP contribution in [0.4, 0.5) is 8.78 Å². The van der Waals surface area contributed by atoms with E-state index >= 15 is 0 Å². The second kappa shape index (κ2) is 8.83. The van der Waals surface area contributed by atoms with E-state index in [1.165, 1.54) is 0 Å². The Labute approximate surface area is 196 Å². The molecule has 0 spiro atoms. The Kier molecular flexibility index (Phi) is 5.88. The van der Waals surface area contributed by atoms with Crippen LogP contribution in [0.3, 0.4) is 0 Å². The van der Waals surface area contributed by atoms with Crippen LogP contribution < -0.4 is 5.69 Å². The first-order chi connectivity index (χ1) is 15.9. The van der Waals surface area contributed by atoms with Crippen molar-refractivity contribution in [3.8, 4) is 11.5 Å². The van der Waals surface area contributed by atoms with E-state index in [1.807, 2.05) is 34.9 Å². The van der Waals surface area contributed by atoms with Crippen LogP contribution in [0.15, 0.2) is 56.1 Å². The van der Waals surface area contributed by atoms with Gasteiger partial charge in [0.2, 0.25) is 5.89 Å². The zero-order valence-corrected chi connectivity index (χ0v) is 19.5. The maximum atomic E-state index is 13.5. The molecule has 10 heteroatoms. The van der Waals surface area contributed by atoms with E-state index in [1.54, 1.807) is 16.7 Å². The van der Waals surface area contributed by atoms with Gasteiger partial charge in [-0.2, -0.15) is 8.78 Å². The molecule has 0 radical (unpaired) electrons. The van der Waals surface area contributed by atoms with Gasteiger partial charge in [-0.1, -0.05) is 28.1 Å². The van der Waals surface area contributed by atoms with E-state index in [4.69, 9.17) is 4.42 Å². The van der Waals surface area contributed by atoms with Crippen molar-refractivity contribution in [2.45, 2.75) is 31.9 Å². The highest BCUT2D eigenvalue weighted by Crippen LogP contribution is 2.28. The number of aromatic nitrogens is 4. The van der Waals surface area contributed by atoms with Gasteiger partial charge in [0.15, 0.2) is 0 Å². The maximum Gasteiger partial charge on any atom is 0.329 e. The number of hydrogen-bond donors (Lipinski definition) is 0. The smallest absolute Gasteiger partial charge is 0.329 e. The van der Waals surface area contributed by atoms with Gasteiger partial charge >= 0.3 is 12.1 Å². The fourth-order valence-corrected chi connectivity index (χ4v) is 4.74. The van der Waals surface area contributed by atoms with E-state index in [2.05, 4.69) is 38.1 Å². The molecule has 4 aromatic rings. The van der Waals surface area contributed by atoms with Crippen molar-refractivity contribution in [2.24, 2.45) is 0 Å². The summed E-state index contributed by atoms with van der Waals surface area (Å²) in [6.45, 7) is 2.31. The van der Waals surface area contributed by atoms with Gasteiger partial charge < -0.3 is 9.32 Å². The summed E-state index contributed by atoms with van der Waals surface area (Å²) in [7, 11) is 2.10. The zero-order valence-electron chi connectivity index (χ0n) is 17.9. The normalized spacial score (nSPS) is 15.7. The topological polar surface area (TPSA) is 69.1 Å². The number of fused-ring (bicyclic) bond motifs is 1. The second-order valence-corrected chi connectivity index (χ2v) is 9.26. The van der Waals surface area contributed by atoms with Gasteiger partial charge in [0.25, 0.3) is 5.89 Å². The molecule has 0 saturated carbocycles. The molecule has 33 heavy (non-hydrogen) atoms. The van der Waals surface area contributed by atoms with Crippen LogP contribution in [-0.2, 0) is 6.54 Å². The molecule has 1 fully saturated rings. The standard InChI is InChI=1S/C23H22BrF2N5O2/c1-29-10-8-17(9-11-29)31-18-7-6-16(24)12-19(18)30(23(31)32)13-14-2-4-15(5-3-14)21-27-28-22(33-21)20(25)26/h2-7,12,17,20H,8-11,13H2,1H3. The van der Waals surface area contributed by atoms with E-state index in [9.17, 15) is 13.6 Å². The molecule has 0 N–H and O–H groups in total. The molecule has 0 aliphatic carbocycles. The molecule has 7 nitrogen and oxygen atoms in total. The van der Waals surface area contributed by atoms with Gasteiger partial charge in [0, 0.05) is 16.1 Å². The predicted molar refractivity (Wildman–Crippen MR) is 123 cm³/mol. The molecule has 1 aliphatic rings. The Morgan fingerprint density at radius 3 is 2.48 bits per heavy atom. The van der Waals surface area contributed by atoms with Crippen LogP contribution in [-0.4, -0.2) is 44.4 Å². The lowest BCUT2D eigenvalue weighted by molar-refractivity contribution is 0.116. The third-order valence-electron chi connectivity index (χ3n) is 6.15. The van der Waals surface area contributed by atoms with Crippen LogP contribution in [0.5, 0.6) is 0 Å². The molecule has 0 atom stereocenters. The molecule has 0 amide bonds. The quantitative estimate of drug-likeness (QED) is 0.377. The first-order valence-corrected chi connectivity index (χ1v) is 11.5. The summed E-state index contributed by atoms with van der Waals surface area (Å²) in [4.78, 5) is 15.8. The van der Waals surface area contributed by atoms with Crippen LogP contribution in [0, 0.1) is 0 Å².